The van der Waals surface area contributed by atoms with Gasteiger partial charge in [-0.1, -0.05) is 5.16 Å². The van der Waals surface area contributed by atoms with Crippen LogP contribution in [-0.2, 0) is 0 Å². The summed E-state index contributed by atoms with van der Waals surface area (Å²) in [6.45, 7) is 3.98. The molecule has 0 spiro atoms. The van der Waals surface area contributed by atoms with Crippen molar-refractivity contribution in [2.75, 3.05) is 5.73 Å². The van der Waals surface area contributed by atoms with Gasteiger partial charge < -0.3 is 10.3 Å². The summed E-state index contributed by atoms with van der Waals surface area (Å²) in [5.41, 5.74) is 10.0. The molecular weight excluding hydrogens is 244 g/mol. The molecule has 0 fully saturated rings. The van der Waals surface area contributed by atoms with Crippen molar-refractivity contribution in [2.45, 2.75) is 13.8 Å². The van der Waals surface area contributed by atoms with Crippen LogP contribution in [0.25, 0.3) is 23.0 Å². The van der Waals surface area contributed by atoms with Crippen LogP contribution in [0.2, 0.25) is 0 Å². The van der Waals surface area contributed by atoms with Crippen molar-refractivity contribution in [1.82, 2.24) is 25.6 Å². The van der Waals surface area contributed by atoms with Crippen molar-refractivity contribution in [1.29, 1.82) is 0 Å². The predicted molar refractivity (Wildman–Crippen MR) is 69.0 cm³/mol. The molecule has 7 nitrogen and oxygen atoms in total. The van der Waals surface area contributed by atoms with E-state index in [0.29, 0.717) is 23.1 Å². The number of benzene rings is 1. The van der Waals surface area contributed by atoms with Crippen LogP contribution < -0.4 is 5.73 Å². The molecule has 0 aliphatic rings. The fourth-order valence-electron chi connectivity index (χ4n) is 1.86. The molecule has 96 valence electrons. The zero-order valence-corrected chi connectivity index (χ0v) is 10.5. The Balaban J connectivity index is 2.09. The van der Waals surface area contributed by atoms with E-state index in [4.69, 9.17) is 10.3 Å². The molecule has 19 heavy (non-hydrogen) atoms. The van der Waals surface area contributed by atoms with Gasteiger partial charge in [0.1, 0.15) is 0 Å². The summed E-state index contributed by atoms with van der Waals surface area (Å²) in [5.74, 6) is 0.814. The summed E-state index contributed by atoms with van der Waals surface area (Å²) in [6.07, 6.45) is 1.53. The number of aromatic amines is 1. The number of rotatable bonds is 2. The topological polar surface area (TPSA) is 107 Å². The molecule has 0 atom stereocenters. The number of aromatic nitrogens is 5. The molecule has 3 N–H and O–H groups in total. The number of anilines is 1. The minimum atomic E-state index is 0.392. The second-order valence-electron chi connectivity index (χ2n) is 4.29. The molecule has 0 aliphatic heterocycles. The van der Waals surface area contributed by atoms with Gasteiger partial charge in [0.05, 0.1) is 6.20 Å². The fourth-order valence-corrected chi connectivity index (χ4v) is 1.86. The largest absolute Gasteiger partial charge is 0.399 e. The van der Waals surface area contributed by atoms with Crippen molar-refractivity contribution in [3.63, 3.8) is 0 Å². The summed E-state index contributed by atoms with van der Waals surface area (Å²) >= 11 is 0. The zero-order valence-electron chi connectivity index (χ0n) is 10.5. The van der Waals surface area contributed by atoms with Gasteiger partial charge in [0.15, 0.2) is 5.69 Å². The van der Waals surface area contributed by atoms with Crippen molar-refractivity contribution < 1.29 is 4.52 Å². The summed E-state index contributed by atoms with van der Waals surface area (Å²) in [6, 6.07) is 3.73. The van der Waals surface area contributed by atoms with Gasteiger partial charge in [0, 0.05) is 11.3 Å². The van der Waals surface area contributed by atoms with Gasteiger partial charge in [0.2, 0.25) is 5.82 Å². The SMILES string of the molecule is Cc1cc(N)cc(-c2nc(-c3cn[nH]n3)no2)c1C. The van der Waals surface area contributed by atoms with Gasteiger partial charge in [0.25, 0.3) is 5.89 Å². The second kappa shape index (κ2) is 4.20. The number of nitrogens with zero attached hydrogens (tertiary/aromatic N) is 4. The third kappa shape index (κ3) is 1.95. The normalized spacial score (nSPS) is 10.8. The molecule has 3 rings (SSSR count). The molecule has 0 unspecified atom stereocenters. The Hall–Kier alpha value is -2.70. The van der Waals surface area contributed by atoms with Crippen molar-refractivity contribution in [3.8, 4) is 23.0 Å². The number of hydrogen-bond acceptors (Lipinski definition) is 6. The molecule has 0 saturated heterocycles. The number of H-pyrrole nitrogens is 1. The monoisotopic (exact) mass is 256 g/mol. The maximum absolute atomic E-state index is 5.85. The molecule has 0 saturated carbocycles. The summed E-state index contributed by atoms with van der Waals surface area (Å²) in [5, 5.41) is 14.0. The Kier molecular flexibility index (Phi) is 2.52. The van der Waals surface area contributed by atoms with E-state index >= 15 is 0 Å². The van der Waals surface area contributed by atoms with E-state index < -0.39 is 0 Å². The zero-order chi connectivity index (χ0) is 13.4. The van der Waals surface area contributed by atoms with Crippen molar-refractivity contribution in [3.05, 3.63) is 29.5 Å². The van der Waals surface area contributed by atoms with Crippen molar-refractivity contribution in [2.24, 2.45) is 0 Å². The van der Waals surface area contributed by atoms with E-state index in [1.165, 1.54) is 6.20 Å². The number of nitrogen functional groups attached to an aromatic ring is 1. The van der Waals surface area contributed by atoms with E-state index in [-0.39, 0.29) is 0 Å². The summed E-state index contributed by atoms with van der Waals surface area (Å²) < 4.78 is 5.27. The quantitative estimate of drug-likeness (QED) is 0.676. The Bertz CT molecular complexity index is 716. The van der Waals surface area contributed by atoms with Crippen LogP contribution in [0.5, 0.6) is 0 Å². The van der Waals surface area contributed by atoms with Gasteiger partial charge in [-0.3, -0.25) is 0 Å². The number of hydrogen-bond donors (Lipinski definition) is 2. The summed E-state index contributed by atoms with van der Waals surface area (Å²) in [4.78, 5) is 4.31. The van der Waals surface area contributed by atoms with Gasteiger partial charge in [-0.15, -0.1) is 0 Å². The van der Waals surface area contributed by atoms with Crippen LogP contribution in [0.4, 0.5) is 5.69 Å². The van der Waals surface area contributed by atoms with E-state index in [0.717, 1.165) is 16.7 Å². The van der Waals surface area contributed by atoms with E-state index in [1.54, 1.807) is 0 Å². The fraction of sp³-hybridized carbons (Fsp3) is 0.167. The van der Waals surface area contributed by atoms with E-state index in [1.807, 2.05) is 26.0 Å². The highest BCUT2D eigenvalue weighted by molar-refractivity contribution is 5.67. The molecule has 2 aromatic heterocycles. The maximum Gasteiger partial charge on any atom is 0.258 e. The maximum atomic E-state index is 5.85. The van der Waals surface area contributed by atoms with Crippen LogP contribution in [0.1, 0.15) is 11.1 Å². The minimum absolute atomic E-state index is 0.392. The molecule has 0 radical (unpaired) electrons. The molecule has 0 aliphatic carbocycles. The van der Waals surface area contributed by atoms with Gasteiger partial charge >= 0.3 is 0 Å². The molecule has 0 amide bonds. The first-order valence-corrected chi connectivity index (χ1v) is 5.72. The number of nitrogens with two attached hydrogens (primary N) is 1. The molecule has 1 aromatic carbocycles. The van der Waals surface area contributed by atoms with Crippen LogP contribution >= 0.6 is 0 Å². The highest BCUT2D eigenvalue weighted by Crippen LogP contribution is 2.28. The van der Waals surface area contributed by atoms with Gasteiger partial charge in [-0.25, -0.2) is 0 Å². The molecule has 7 heteroatoms. The first kappa shape index (κ1) is 11.4. The first-order chi connectivity index (χ1) is 9.15. The minimum Gasteiger partial charge on any atom is -0.399 e. The molecule has 2 heterocycles. The average Bonchev–Trinajstić information content (AvgIpc) is 3.03. The lowest BCUT2D eigenvalue weighted by Crippen LogP contribution is -1.93. The summed E-state index contributed by atoms with van der Waals surface area (Å²) in [7, 11) is 0. The number of aryl methyl sites for hydroxylation is 1. The van der Waals surface area contributed by atoms with Crippen LogP contribution in [0.3, 0.4) is 0 Å². The Morgan fingerprint density at radius 3 is 2.84 bits per heavy atom. The molecular formula is C12H12N6O. The second-order valence-corrected chi connectivity index (χ2v) is 4.29. The lowest BCUT2D eigenvalue weighted by Gasteiger charge is -2.06. The Labute approximate surface area is 108 Å². The lowest BCUT2D eigenvalue weighted by atomic mass is 10.0. The van der Waals surface area contributed by atoms with Crippen LogP contribution in [0.15, 0.2) is 22.9 Å². The Morgan fingerprint density at radius 2 is 2.11 bits per heavy atom. The highest BCUT2D eigenvalue weighted by atomic mass is 16.5. The third-order valence-corrected chi connectivity index (χ3v) is 2.99. The first-order valence-electron chi connectivity index (χ1n) is 5.72. The lowest BCUT2D eigenvalue weighted by molar-refractivity contribution is 0.432. The van der Waals surface area contributed by atoms with Crippen molar-refractivity contribution >= 4 is 5.69 Å². The van der Waals surface area contributed by atoms with E-state index in [9.17, 15) is 0 Å². The van der Waals surface area contributed by atoms with Crippen LogP contribution in [-0.4, -0.2) is 25.6 Å². The average molecular weight is 256 g/mol. The Morgan fingerprint density at radius 1 is 1.26 bits per heavy atom. The van der Waals surface area contributed by atoms with Gasteiger partial charge in [-0.05, 0) is 37.1 Å². The molecule has 3 aromatic rings. The number of nitrogens with one attached hydrogen (secondary N) is 1. The smallest absolute Gasteiger partial charge is 0.258 e. The standard InChI is InChI=1S/C12H12N6O/c1-6-3-8(13)4-9(7(6)2)12-15-11(17-19-12)10-5-14-18-16-10/h3-5H,13H2,1-2H3,(H,14,16,18). The molecule has 0 bridgehead atoms. The predicted octanol–water partition coefficient (Wildman–Crippen LogP) is 1.72. The van der Waals surface area contributed by atoms with E-state index in [2.05, 4.69) is 25.6 Å². The van der Waals surface area contributed by atoms with Crippen LogP contribution in [0, 0.1) is 13.8 Å². The third-order valence-electron chi connectivity index (χ3n) is 2.99. The van der Waals surface area contributed by atoms with Gasteiger partial charge in [-0.2, -0.15) is 20.4 Å². The highest BCUT2D eigenvalue weighted by Gasteiger charge is 2.15.